The third-order valence-electron chi connectivity index (χ3n) is 5.09. The van der Waals surface area contributed by atoms with Gasteiger partial charge in [-0.05, 0) is 17.7 Å². The number of rotatable bonds is 2. The fourth-order valence-corrected chi connectivity index (χ4v) is 3.96. The van der Waals surface area contributed by atoms with E-state index in [1.807, 2.05) is 24.3 Å². The maximum atomic E-state index is 12.4. The molecule has 2 aliphatic rings. The van der Waals surface area contributed by atoms with E-state index in [2.05, 4.69) is 16.0 Å². The van der Waals surface area contributed by atoms with Crippen molar-refractivity contribution in [2.24, 2.45) is 5.73 Å². The molecular formula is C18H12N6O. The maximum Gasteiger partial charge on any atom is 0.253 e. The molecule has 1 aromatic heterocycles. The maximum absolute atomic E-state index is 12.4. The number of aromatic nitrogens is 2. The molecular weight excluding hydrogens is 316 g/mol. The van der Waals surface area contributed by atoms with Gasteiger partial charge in [-0.1, -0.05) is 30.3 Å². The Morgan fingerprint density at radius 1 is 1.32 bits per heavy atom. The Morgan fingerprint density at radius 2 is 2.12 bits per heavy atom. The van der Waals surface area contributed by atoms with Crippen LogP contribution in [0.4, 0.5) is 0 Å². The summed E-state index contributed by atoms with van der Waals surface area (Å²) < 4.78 is 0. The Hall–Kier alpha value is -3.66. The highest BCUT2D eigenvalue weighted by molar-refractivity contribution is 6.11. The van der Waals surface area contributed by atoms with Crippen LogP contribution in [0, 0.1) is 16.7 Å². The summed E-state index contributed by atoms with van der Waals surface area (Å²) in [6, 6.07) is 14.5. The lowest BCUT2D eigenvalue weighted by atomic mass is 9.93. The first-order chi connectivity index (χ1) is 12.1. The van der Waals surface area contributed by atoms with Crippen molar-refractivity contribution < 1.29 is 4.79 Å². The normalized spacial score (nSPS) is 23.2. The van der Waals surface area contributed by atoms with Crippen LogP contribution in [0.1, 0.15) is 28.6 Å². The highest BCUT2D eigenvalue weighted by Gasteiger charge is 2.75. The van der Waals surface area contributed by atoms with Gasteiger partial charge in [0.2, 0.25) is 5.54 Å². The molecule has 7 heteroatoms. The molecule has 3 aromatic rings. The summed E-state index contributed by atoms with van der Waals surface area (Å²) in [5, 5.41) is 17.7. The van der Waals surface area contributed by atoms with E-state index in [1.54, 1.807) is 23.1 Å². The van der Waals surface area contributed by atoms with Crippen LogP contribution in [-0.2, 0) is 10.3 Å². The van der Waals surface area contributed by atoms with Crippen LogP contribution in [-0.4, -0.2) is 26.6 Å². The monoisotopic (exact) mass is 328 g/mol. The minimum absolute atomic E-state index is 0.264. The molecule has 4 N–H and O–H groups in total. The highest BCUT2D eigenvalue weighted by Crippen LogP contribution is 2.64. The van der Waals surface area contributed by atoms with Gasteiger partial charge in [-0.2, -0.15) is 5.26 Å². The molecule has 5 rings (SSSR count). The number of primary amides is 1. The molecule has 25 heavy (non-hydrogen) atoms. The number of nitrogens with zero attached hydrogens (tertiary/aromatic N) is 3. The van der Waals surface area contributed by atoms with Gasteiger partial charge >= 0.3 is 0 Å². The number of carbonyl (C=O) groups excluding carboxylic acids is 1. The third kappa shape index (κ3) is 1.42. The van der Waals surface area contributed by atoms with E-state index in [0.29, 0.717) is 22.4 Å². The summed E-state index contributed by atoms with van der Waals surface area (Å²) in [6.45, 7) is 0. The zero-order valence-electron chi connectivity index (χ0n) is 12.9. The molecule has 120 valence electrons. The van der Waals surface area contributed by atoms with Crippen molar-refractivity contribution in [3.05, 3.63) is 65.0 Å². The van der Waals surface area contributed by atoms with Crippen LogP contribution in [0.3, 0.4) is 0 Å². The molecule has 2 aliphatic heterocycles. The number of benzene rings is 2. The van der Waals surface area contributed by atoms with Crippen molar-refractivity contribution in [1.29, 1.82) is 10.7 Å². The first-order valence-corrected chi connectivity index (χ1v) is 7.77. The zero-order chi connectivity index (χ0) is 17.3. The smallest absolute Gasteiger partial charge is 0.253 e. The first-order valence-electron chi connectivity index (χ1n) is 7.77. The van der Waals surface area contributed by atoms with Gasteiger partial charge in [-0.25, -0.2) is 4.98 Å². The zero-order valence-corrected chi connectivity index (χ0v) is 12.9. The van der Waals surface area contributed by atoms with Gasteiger partial charge < -0.3 is 15.6 Å². The third-order valence-corrected chi connectivity index (χ3v) is 5.09. The van der Waals surface area contributed by atoms with Crippen LogP contribution in [0.5, 0.6) is 0 Å². The van der Waals surface area contributed by atoms with Crippen molar-refractivity contribution in [1.82, 2.24) is 14.9 Å². The number of hydrogen-bond donors (Lipinski definition) is 3. The van der Waals surface area contributed by atoms with Crippen LogP contribution >= 0.6 is 0 Å². The SMILES string of the molecule is N#Cc1cccc2[nH]c(C3(C(N)=O)C4c5ccccc5C(=N)N43)nc12. The molecule has 0 spiro atoms. The lowest BCUT2D eigenvalue weighted by Gasteiger charge is -2.15. The lowest BCUT2D eigenvalue weighted by molar-refractivity contribution is -0.121. The average molecular weight is 328 g/mol. The fraction of sp³-hybridized carbons (Fsp3) is 0.111. The van der Waals surface area contributed by atoms with E-state index < -0.39 is 11.4 Å². The molecule has 1 saturated heterocycles. The van der Waals surface area contributed by atoms with Crippen LogP contribution in [0.25, 0.3) is 11.0 Å². The number of nitriles is 1. The van der Waals surface area contributed by atoms with E-state index in [1.165, 1.54) is 0 Å². The Labute approximate surface area is 142 Å². The Morgan fingerprint density at radius 3 is 2.88 bits per heavy atom. The molecule has 2 atom stereocenters. The van der Waals surface area contributed by atoms with Crippen LogP contribution < -0.4 is 5.73 Å². The summed E-state index contributed by atoms with van der Waals surface area (Å²) in [5.41, 5.74) is 7.87. The van der Waals surface area contributed by atoms with Gasteiger partial charge in [-0.3, -0.25) is 10.2 Å². The Balaban J connectivity index is 1.75. The number of amidine groups is 1. The number of carbonyl (C=O) groups is 1. The largest absolute Gasteiger partial charge is 0.367 e. The van der Waals surface area contributed by atoms with E-state index in [9.17, 15) is 10.1 Å². The minimum Gasteiger partial charge on any atom is -0.367 e. The lowest BCUT2D eigenvalue weighted by Crippen LogP contribution is -2.38. The molecule has 0 saturated carbocycles. The number of H-pyrrole nitrogens is 1. The van der Waals surface area contributed by atoms with Gasteiger partial charge in [0, 0.05) is 5.56 Å². The topological polar surface area (TPSA) is 122 Å². The molecule has 0 radical (unpaired) electrons. The van der Waals surface area contributed by atoms with Gasteiger partial charge in [0.1, 0.15) is 23.2 Å². The number of amides is 1. The molecule has 2 unspecified atom stereocenters. The number of imidazole rings is 1. The molecule has 1 amide bonds. The summed E-state index contributed by atoms with van der Waals surface area (Å²) in [5.74, 6) is 0.0802. The second kappa shape index (κ2) is 4.24. The number of nitrogens with one attached hydrogen (secondary N) is 2. The molecule has 0 bridgehead atoms. The standard InChI is InChI=1S/C18H12N6O/c19-8-9-4-3-7-12-13(9)23-17(22-12)18(16(21)25)14-10-5-1-2-6-11(10)15(20)24(14)18/h1-7,14,20H,(H2,21,25)(H,22,23). The van der Waals surface area contributed by atoms with Crippen molar-refractivity contribution in [2.45, 2.75) is 11.6 Å². The second-order valence-electron chi connectivity index (χ2n) is 6.24. The van der Waals surface area contributed by atoms with E-state index in [0.717, 1.165) is 11.1 Å². The van der Waals surface area contributed by atoms with Crippen molar-refractivity contribution in [3.8, 4) is 6.07 Å². The number of nitrogens with two attached hydrogens (primary N) is 1. The highest BCUT2D eigenvalue weighted by atomic mass is 16.2. The van der Waals surface area contributed by atoms with Crippen molar-refractivity contribution in [3.63, 3.8) is 0 Å². The Bertz CT molecular complexity index is 1140. The van der Waals surface area contributed by atoms with Gasteiger partial charge in [0.05, 0.1) is 17.1 Å². The van der Waals surface area contributed by atoms with Crippen molar-refractivity contribution in [2.75, 3.05) is 0 Å². The molecule has 3 heterocycles. The first kappa shape index (κ1) is 13.7. The molecule has 7 nitrogen and oxygen atoms in total. The molecule has 0 aliphatic carbocycles. The number of para-hydroxylation sites is 1. The summed E-state index contributed by atoms with van der Waals surface area (Å²) in [4.78, 5) is 21.8. The average Bonchev–Trinajstić information content (AvgIpc) is 2.98. The van der Waals surface area contributed by atoms with Crippen molar-refractivity contribution >= 4 is 22.8 Å². The predicted molar refractivity (Wildman–Crippen MR) is 89.5 cm³/mol. The number of fused-ring (bicyclic) bond motifs is 4. The van der Waals surface area contributed by atoms with Gasteiger partial charge in [0.25, 0.3) is 5.91 Å². The number of hydrogen-bond acceptors (Lipinski definition) is 4. The second-order valence-corrected chi connectivity index (χ2v) is 6.24. The van der Waals surface area contributed by atoms with E-state index in [4.69, 9.17) is 11.1 Å². The summed E-state index contributed by atoms with van der Waals surface area (Å²) in [6.07, 6.45) is 0. The van der Waals surface area contributed by atoms with Gasteiger partial charge in [-0.15, -0.1) is 0 Å². The predicted octanol–water partition coefficient (Wildman–Crippen LogP) is 1.51. The minimum atomic E-state index is -1.20. The van der Waals surface area contributed by atoms with Crippen LogP contribution in [0.15, 0.2) is 42.5 Å². The molecule has 1 fully saturated rings. The van der Waals surface area contributed by atoms with E-state index in [-0.39, 0.29) is 11.9 Å². The summed E-state index contributed by atoms with van der Waals surface area (Å²) in [7, 11) is 0. The quantitative estimate of drug-likeness (QED) is 0.617. The van der Waals surface area contributed by atoms with E-state index >= 15 is 0 Å². The fourth-order valence-electron chi connectivity index (χ4n) is 3.96. The Kier molecular flexibility index (Phi) is 2.33. The van der Waals surface area contributed by atoms with Gasteiger partial charge in [0.15, 0.2) is 0 Å². The number of aromatic amines is 1. The van der Waals surface area contributed by atoms with Crippen LogP contribution in [0.2, 0.25) is 0 Å². The molecule has 2 aromatic carbocycles. The summed E-state index contributed by atoms with van der Waals surface area (Å²) >= 11 is 0.